The highest BCUT2D eigenvalue weighted by Gasteiger charge is 2.23. The maximum Gasteiger partial charge on any atom is 0.123 e. The third-order valence-electron chi connectivity index (χ3n) is 5.16. The predicted molar refractivity (Wildman–Crippen MR) is 109 cm³/mol. The Morgan fingerprint density at radius 1 is 1.11 bits per heavy atom. The summed E-state index contributed by atoms with van der Waals surface area (Å²) in [6.45, 7) is 2.73. The Kier molecular flexibility index (Phi) is 4.22. The van der Waals surface area contributed by atoms with Crippen LogP contribution in [0.1, 0.15) is 12.1 Å². The number of pyridine rings is 1. The smallest absolute Gasteiger partial charge is 0.123 e. The highest BCUT2D eigenvalue weighted by molar-refractivity contribution is 7.16. The zero-order chi connectivity index (χ0) is 18.2. The van der Waals surface area contributed by atoms with Crippen molar-refractivity contribution in [1.29, 1.82) is 0 Å². The van der Waals surface area contributed by atoms with E-state index >= 15 is 0 Å². The summed E-state index contributed by atoms with van der Waals surface area (Å²) in [4.78, 5) is 11.6. The molecule has 0 radical (unpaired) electrons. The van der Waals surface area contributed by atoms with Crippen molar-refractivity contribution in [3.63, 3.8) is 0 Å². The van der Waals surface area contributed by atoms with E-state index in [0.29, 0.717) is 6.04 Å². The molecule has 4 aromatic rings. The molecule has 1 saturated heterocycles. The molecule has 6 heteroatoms. The molecule has 1 aliphatic rings. The highest BCUT2D eigenvalue weighted by atomic mass is 32.1. The van der Waals surface area contributed by atoms with Crippen LogP contribution in [-0.2, 0) is 6.54 Å². The summed E-state index contributed by atoms with van der Waals surface area (Å²) in [5.74, 6) is -0.228. The molecule has 0 aliphatic carbocycles. The molecule has 0 bridgehead atoms. The molecule has 1 N–H and O–H groups in total. The van der Waals surface area contributed by atoms with Crippen molar-refractivity contribution in [3.05, 3.63) is 65.6 Å². The molecule has 2 aromatic carbocycles. The van der Waals surface area contributed by atoms with Gasteiger partial charge in [-0.1, -0.05) is 6.07 Å². The van der Waals surface area contributed by atoms with Gasteiger partial charge in [-0.05, 0) is 55.4 Å². The van der Waals surface area contributed by atoms with E-state index in [-0.39, 0.29) is 5.82 Å². The number of benzene rings is 2. The lowest BCUT2D eigenvalue weighted by molar-refractivity contribution is 0.625. The van der Waals surface area contributed by atoms with Crippen molar-refractivity contribution in [2.75, 3.05) is 18.0 Å². The largest absolute Gasteiger partial charge is 0.361 e. The zero-order valence-electron chi connectivity index (χ0n) is 14.7. The van der Waals surface area contributed by atoms with Gasteiger partial charge in [-0.2, -0.15) is 0 Å². The number of hydrogen-bond acceptors (Lipinski definition) is 5. The fraction of sp³-hybridized carbons (Fsp3) is 0.238. The van der Waals surface area contributed by atoms with Gasteiger partial charge in [0.2, 0.25) is 0 Å². The Labute approximate surface area is 160 Å². The van der Waals surface area contributed by atoms with Crippen LogP contribution in [0.15, 0.2) is 54.0 Å². The van der Waals surface area contributed by atoms with E-state index in [9.17, 15) is 4.39 Å². The number of nitrogens with one attached hydrogen (secondary N) is 1. The molecule has 3 heterocycles. The Hall–Kier alpha value is -2.57. The minimum atomic E-state index is -0.228. The first kappa shape index (κ1) is 16.6. The van der Waals surface area contributed by atoms with Crippen molar-refractivity contribution in [2.24, 2.45) is 0 Å². The molecule has 1 aliphatic heterocycles. The SMILES string of the molecule is Fc1ccc2nc(CN(c3ccc4ncsc4c3)C3CCNC3)ccc2c1. The van der Waals surface area contributed by atoms with E-state index in [1.54, 1.807) is 17.4 Å². The van der Waals surface area contributed by atoms with Crippen LogP contribution in [0.25, 0.3) is 21.1 Å². The lowest BCUT2D eigenvalue weighted by Gasteiger charge is -2.30. The van der Waals surface area contributed by atoms with Crippen molar-refractivity contribution in [1.82, 2.24) is 15.3 Å². The summed E-state index contributed by atoms with van der Waals surface area (Å²) < 4.78 is 14.6. The predicted octanol–water partition coefficient (Wildman–Crippen LogP) is 4.35. The maximum absolute atomic E-state index is 13.4. The number of rotatable bonds is 4. The molecule has 0 amide bonds. The van der Waals surface area contributed by atoms with Gasteiger partial charge in [-0.3, -0.25) is 4.98 Å². The van der Waals surface area contributed by atoms with Crippen LogP contribution in [-0.4, -0.2) is 29.1 Å². The van der Waals surface area contributed by atoms with Crippen molar-refractivity contribution < 1.29 is 4.39 Å². The Morgan fingerprint density at radius 2 is 2.04 bits per heavy atom. The van der Waals surface area contributed by atoms with Crippen molar-refractivity contribution >= 4 is 38.1 Å². The Morgan fingerprint density at radius 3 is 2.93 bits per heavy atom. The molecule has 1 atom stereocenters. The molecule has 0 spiro atoms. The molecule has 27 heavy (non-hydrogen) atoms. The quantitative estimate of drug-likeness (QED) is 0.573. The molecule has 5 rings (SSSR count). The molecule has 136 valence electrons. The first-order valence-corrected chi connectivity index (χ1v) is 10.00. The van der Waals surface area contributed by atoms with Crippen molar-refractivity contribution in [2.45, 2.75) is 19.0 Å². The Bertz CT molecular complexity index is 1100. The van der Waals surface area contributed by atoms with Gasteiger partial charge >= 0.3 is 0 Å². The second-order valence-corrected chi connectivity index (χ2v) is 7.80. The fourth-order valence-electron chi connectivity index (χ4n) is 3.76. The van der Waals surface area contributed by atoms with E-state index in [4.69, 9.17) is 4.98 Å². The topological polar surface area (TPSA) is 41.1 Å². The lowest BCUT2D eigenvalue weighted by Crippen LogP contribution is -2.36. The first-order valence-electron chi connectivity index (χ1n) is 9.12. The van der Waals surface area contributed by atoms with Crippen LogP contribution in [0.4, 0.5) is 10.1 Å². The Balaban J connectivity index is 1.51. The third kappa shape index (κ3) is 3.26. The monoisotopic (exact) mass is 378 g/mol. The van der Waals surface area contributed by atoms with Crippen LogP contribution < -0.4 is 10.2 Å². The fourth-order valence-corrected chi connectivity index (χ4v) is 4.47. The summed E-state index contributed by atoms with van der Waals surface area (Å²) in [5, 5.41) is 4.30. The highest BCUT2D eigenvalue weighted by Crippen LogP contribution is 2.28. The summed E-state index contributed by atoms with van der Waals surface area (Å²) in [6.07, 6.45) is 1.11. The summed E-state index contributed by atoms with van der Waals surface area (Å²) in [6, 6.07) is 15.6. The molecule has 2 aromatic heterocycles. The molecule has 4 nitrogen and oxygen atoms in total. The number of hydrogen-bond donors (Lipinski definition) is 1. The van der Waals surface area contributed by atoms with Crippen LogP contribution in [0.3, 0.4) is 0 Å². The minimum absolute atomic E-state index is 0.228. The molecular weight excluding hydrogens is 359 g/mol. The van der Waals surface area contributed by atoms with Crippen molar-refractivity contribution in [3.8, 4) is 0 Å². The second-order valence-electron chi connectivity index (χ2n) is 6.92. The maximum atomic E-state index is 13.4. The van der Waals surface area contributed by atoms with Crippen LogP contribution in [0, 0.1) is 5.82 Å². The number of anilines is 1. The van der Waals surface area contributed by atoms with E-state index in [0.717, 1.165) is 48.2 Å². The number of thiazole rings is 1. The van der Waals surface area contributed by atoms with Gasteiger partial charge < -0.3 is 10.2 Å². The van der Waals surface area contributed by atoms with E-state index in [1.165, 1.54) is 22.5 Å². The van der Waals surface area contributed by atoms with E-state index in [1.807, 2.05) is 17.6 Å². The molecule has 1 fully saturated rings. The first-order chi connectivity index (χ1) is 13.3. The van der Waals surface area contributed by atoms with Crippen LogP contribution >= 0.6 is 11.3 Å². The third-order valence-corrected chi connectivity index (χ3v) is 5.95. The molecular formula is C21H19FN4S. The lowest BCUT2D eigenvalue weighted by atomic mass is 10.1. The van der Waals surface area contributed by atoms with E-state index in [2.05, 4.69) is 33.4 Å². The van der Waals surface area contributed by atoms with Crippen LogP contribution in [0.2, 0.25) is 0 Å². The summed E-state index contributed by atoms with van der Waals surface area (Å²) >= 11 is 1.67. The van der Waals surface area contributed by atoms with Gasteiger partial charge in [0.15, 0.2) is 0 Å². The van der Waals surface area contributed by atoms with Gasteiger partial charge in [0.05, 0.1) is 33.5 Å². The van der Waals surface area contributed by atoms with Gasteiger partial charge in [-0.25, -0.2) is 9.37 Å². The number of fused-ring (bicyclic) bond motifs is 2. The average Bonchev–Trinajstić information content (AvgIpc) is 3.37. The number of nitrogens with zero attached hydrogens (tertiary/aromatic N) is 3. The summed E-state index contributed by atoms with van der Waals surface area (Å²) in [5.41, 5.74) is 5.95. The van der Waals surface area contributed by atoms with Gasteiger partial charge in [0, 0.05) is 23.7 Å². The van der Waals surface area contributed by atoms with Crippen LogP contribution in [0.5, 0.6) is 0 Å². The average molecular weight is 378 g/mol. The summed E-state index contributed by atoms with van der Waals surface area (Å²) in [7, 11) is 0. The molecule has 1 unspecified atom stereocenters. The van der Waals surface area contributed by atoms with Gasteiger partial charge in [0.25, 0.3) is 0 Å². The number of halogens is 1. The second kappa shape index (κ2) is 6.87. The zero-order valence-corrected chi connectivity index (χ0v) is 15.5. The van der Waals surface area contributed by atoms with E-state index < -0.39 is 0 Å². The van der Waals surface area contributed by atoms with Gasteiger partial charge in [-0.15, -0.1) is 11.3 Å². The molecule has 0 saturated carbocycles. The normalized spacial score (nSPS) is 17.0. The standard InChI is InChI=1S/C21H19FN4S/c22-15-2-5-19-14(9-15)1-3-16(25-19)12-26(18-7-8-23-11-18)17-4-6-20-21(10-17)27-13-24-20/h1-6,9-10,13,18,23H,7-8,11-12H2. The van der Waals surface area contributed by atoms with Gasteiger partial charge in [0.1, 0.15) is 5.82 Å². The minimum Gasteiger partial charge on any atom is -0.361 e. The number of aromatic nitrogens is 2.